The first-order chi connectivity index (χ1) is 9.63. The number of hydrogen-bond acceptors (Lipinski definition) is 4. The summed E-state index contributed by atoms with van der Waals surface area (Å²) in [4.78, 5) is 2.48. The van der Waals surface area contributed by atoms with Crippen molar-refractivity contribution in [2.75, 3.05) is 19.7 Å². The number of ether oxygens (including phenoxy) is 1. The molecule has 1 saturated heterocycles. The van der Waals surface area contributed by atoms with E-state index in [1.54, 1.807) is 6.07 Å². The number of nitrogens with zero attached hydrogens (tertiary/aromatic N) is 1. The normalized spacial score (nSPS) is 23.8. The fourth-order valence-electron chi connectivity index (χ4n) is 2.84. The molecule has 4 nitrogen and oxygen atoms in total. The van der Waals surface area contributed by atoms with E-state index in [1.807, 2.05) is 19.1 Å². The van der Waals surface area contributed by atoms with Crippen molar-refractivity contribution in [1.82, 2.24) is 4.90 Å². The van der Waals surface area contributed by atoms with Crippen LogP contribution in [-0.4, -0.2) is 35.7 Å². The molecule has 1 fully saturated rings. The Hall–Kier alpha value is -1.26. The van der Waals surface area contributed by atoms with E-state index in [2.05, 4.69) is 11.8 Å². The highest BCUT2D eigenvalue weighted by Crippen LogP contribution is 2.29. The molecule has 2 atom stereocenters. The van der Waals surface area contributed by atoms with Crippen LogP contribution in [0.4, 0.5) is 0 Å². The van der Waals surface area contributed by atoms with E-state index >= 15 is 0 Å². The van der Waals surface area contributed by atoms with Gasteiger partial charge in [-0.25, -0.2) is 0 Å². The predicted octanol–water partition coefficient (Wildman–Crippen LogP) is 2.35. The lowest BCUT2D eigenvalue weighted by atomic mass is 9.93. The molecular weight excluding hydrogens is 252 g/mol. The Labute approximate surface area is 121 Å². The van der Waals surface area contributed by atoms with Gasteiger partial charge in [0.1, 0.15) is 0 Å². The largest absolute Gasteiger partial charge is 0.504 e. The fourth-order valence-corrected chi connectivity index (χ4v) is 2.84. The summed E-state index contributed by atoms with van der Waals surface area (Å²) in [5, 5.41) is 9.75. The Morgan fingerprint density at radius 3 is 2.90 bits per heavy atom. The molecule has 112 valence electrons. The molecule has 1 aliphatic rings. The Morgan fingerprint density at radius 1 is 1.40 bits per heavy atom. The second-order valence-electron chi connectivity index (χ2n) is 5.69. The molecule has 3 N–H and O–H groups in total. The minimum Gasteiger partial charge on any atom is -0.504 e. The van der Waals surface area contributed by atoms with Gasteiger partial charge in [0, 0.05) is 19.1 Å². The van der Waals surface area contributed by atoms with Gasteiger partial charge in [-0.2, -0.15) is 0 Å². The van der Waals surface area contributed by atoms with Crippen molar-refractivity contribution in [3.8, 4) is 11.5 Å². The van der Waals surface area contributed by atoms with E-state index in [-0.39, 0.29) is 5.75 Å². The number of hydrogen-bond donors (Lipinski definition) is 2. The second kappa shape index (κ2) is 6.95. The number of rotatable bonds is 5. The predicted molar refractivity (Wildman–Crippen MR) is 80.9 cm³/mol. The zero-order valence-electron chi connectivity index (χ0n) is 12.5. The molecule has 1 aliphatic heterocycles. The summed E-state index contributed by atoms with van der Waals surface area (Å²) >= 11 is 0. The summed E-state index contributed by atoms with van der Waals surface area (Å²) < 4.78 is 5.45. The highest BCUT2D eigenvalue weighted by atomic mass is 16.5. The van der Waals surface area contributed by atoms with Gasteiger partial charge in [-0.15, -0.1) is 0 Å². The van der Waals surface area contributed by atoms with Gasteiger partial charge in [0.2, 0.25) is 0 Å². The van der Waals surface area contributed by atoms with Gasteiger partial charge in [0.15, 0.2) is 11.5 Å². The average Bonchev–Trinajstić information content (AvgIpc) is 2.45. The molecule has 2 rings (SSSR count). The van der Waals surface area contributed by atoms with Crippen molar-refractivity contribution in [1.29, 1.82) is 0 Å². The molecule has 0 bridgehead atoms. The molecule has 0 aliphatic carbocycles. The molecule has 0 spiro atoms. The summed E-state index contributed by atoms with van der Waals surface area (Å²) in [5.74, 6) is 1.39. The van der Waals surface area contributed by atoms with Gasteiger partial charge in [-0.1, -0.05) is 6.07 Å². The summed E-state index contributed by atoms with van der Waals surface area (Å²) in [7, 11) is 0. The maximum absolute atomic E-state index is 9.75. The molecule has 0 amide bonds. The van der Waals surface area contributed by atoms with E-state index in [4.69, 9.17) is 10.5 Å². The summed E-state index contributed by atoms with van der Waals surface area (Å²) in [6.45, 7) is 7.47. The maximum Gasteiger partial charge on any atom is 0.161 e. The average molecular weight is 278 g/mol. The number of likely N-dealkylation sites (tertiary alicyclic amines) is 1. The van der Waals surface area contributed by atoms with Crippen LogP contribution in [0.25, 0.3) is 0 Å². The highest BCUT2D eigenvalue weighted by molar-refractivity contribution is 5.41. The minimum atomic E-state index is 0.210. The SMILES string of the molecule is CCOc1cc(CN2CC(CN)CCC2C)ccc1O. The Balaban J connectivity index is 2.06. The molecule has 0 saturated carbocycles. The first kappa shape index (κ1) is 15.1. The zero-order valence-corrected chi connectivity index (χ0v) is 12.5. The van der Waals surface area contributed by atoms with Crippen molar-refractivity contribution >= 4 is 0 Å². The lowest BCUT2D eigenvalue weighted by Crippen LogP contribution is -2.43. The number of nitrogens with two attached hydrogens (primary N) is 1. The van der Waals surface area contributed by atoms with Crippen molar-refractivity contribution in [3.05, 3.63) is 23.8 Å². The molecular formula is C16H26N2O2. The Bertz CT molecular complexity index is 436. The van der Waals surface area contributed by atoms with Crippen LogP contribution in [0.15, 0.2) is 18.2 Å². The van der Waals surface area contributed by atoms with Crippen LogP contribution in [-0.2, 0) is 6.54 Å². The summed E-state index contributed by atoms with van der Waals surface area (Å²) in [5.41, 5.74) is 6.98. The van der Waals surface area contributed by atoms with Gasteiger partial charge in [0.25, 0.3) is 0 Å². The van der Waals surface area contributed by atoms with Gasteiger partial charge in [-0.3, -0.25) is 4.90 Å². The number of phenols is 1. The minimum absolute atomic E-state index is 0.210. The van der Waals surface area contributed by atoms with E-state index in [0.29, 0.717) is 24.3 Å². The van der Waals surface area contributed by atoms with E-state index in [1.165, 1.54) is 18.4 Å². The van der Waals surface area contributed by atoms with Gasteiger partial charge < -0.3 is 15.6 Å². The van der Waals surface area contributed by atoms with Crippen LogP contribution in [0.2, 0.25) is 0 Å². The van der Waals surface area contributed by atoms with Crippen molar-refractivity contribution in [3.63, 3.8) is 0 Å². The first-order valence-electron chi connectivity index (χ1n) is 7.52. The van der Waals surface area contributed by atoms with Crippen LogP contribution in [0.5, 0.6) is 11.5 Å². The first-order valence-corrected chi connectivity index (χ1v) is 7.52. The quantitative estimate of drug-likeness (QED) is 0.868. The zero-order chi connectivity index (χ0) is 14.5. The number of benzene rings is 1. The third-order valence-electron chi connectivity index (χ3n) is 4.15. The molecule has 4 heteroatoms. The molecule has 0 radical (unpaired) electrons. The molecule has 1 aromatic carbocycles. The third kappa shape index (κ3) is 3.64. The summed E-state index contributed by atoms with van der Waals surface area (Å²) in [6.07, 6.45) is 2.44. The molecule has 1 aromatic rings. The van der Waals surface area contributed by atoms with E-state index < -0.39 is 0 Å². The van der Waals surface area contributed by atoms with Crippen LogP contribution in [0.1, 0.15) is 32.3 Å². The lowest BCUT2D eigenvalue weighted by Gasteiger charge is -2.37. The van der Waals surface area contributed by atoms with E-state index in [0.717, 1.165) is 19.6 Å². The lowest BCUT2D eigenvalue weighted by molar-refractivity contribution is 0.113. The fraction of sp³-hybridized carbons (Fsp3) is 0.625. The van der Waals surface area contributed by atoms with Gasteiger partial charge >= 0.3 is 0 Å². The van der Waals surface area contributed by atoms with Crippen LogP contribution in [0, 0.1) is 5.92 Å². The monoisotopic (exact) mass is 278 g/mol. The van der Waals surface area contributed by atoms with Crippen LogP contribution >= 0.6 is 0 Å². The van der Waals surface area contributed by atoms with Crippen LogP contribution < -0.4 is 10.5 Å². The van der Waals surface area contributed by atoms with Gasteiger partial charge in [-0.05, 0) is 56.8 Å². The Kier molecular flexibility index (Phi) is 5.26. The topological polar surface area (TPSA) is 58.7 Å². The molecule has 0 aromatic heterocycles. The van der Waals surface area contributed by atoms with Gasteiger partial charge in [0.05, 0.1) is 6.61 Å². The van der Waals surface area contributed by atoms with E-state index in [9.17, 15) is 5.11 Å². The van der Waals surface area contributed by atoms with Crippen molar-refractivity contribution < 1.29 is 9.84 Å². The second-order valence-corrected chi connectivity index (χ2v) is 5.69. The summed E-state index contributed by atoms with van der Waals surface area (Å²) in [6, 6.07) is 6.21. The Morgan fingerprint density at radius 2 is 2.20 bits per heavy atom. The third-order valence-corrected chi connectivity index (χ3v) is 4.15. The number of aromatic hydroxyl groups is 1. The molecule has 20 heavy (non-hydrogen) atoms. The maximum atomic E-state index is 9.75. The van der Waals surface area contributed by atoms with Crippen molar-refractivity contribution in [2.45, 2.75) is 39.3 Å². The standard InChI is InChI=1S/C16H26N2O2/c1-3-20-16-8-13(6-7-15(16)19)10-18-11-14(9-17)5-4-12(18)2/h6-8,12,14,19H,3-5,9-11,17H2,1-2H3. The molecule has 2 unspecified atom stereocenters. The van der Waals surface area contributed by atoms with Crippen molar-refractivity contribution in [2.24, 2.45) is 11.7 Å². The number of phenolic OH excluding ortho intramolecular Hbond substituents is 1. The number of piperidine rings is 1. The smallest absolute Gasteiger partial charge is 0.161 e. The molecule has 1 heterocycles. The highest BCUT2D eigenvalue weighted by Gasteiger charge is 2.24. The van der Waals surface area contributed by atoms with Crippen LogP contribution in [0.3, 0.4) is 0 Å².